The van der Waals surface area contributed by atoms with E-state index in [0.29, 0.717) is 5.92 Å². The van der Waals surface area contributed by atoms with E-state index >= 15 is 0 Å². The van der Waals surface area contributed by atoms with Gasteiger partial charge in [0, 0.05) is 16.0 Å². The highest BCUT2D eigenvalue weighted by atomic mass is 35.5. The Labute approximate surface area is 126 Å². The van der Waals surface area contributed by atoms with E-state index in [1.807, 2.05) is 12.1 Å². The molecule has 1 saturated heterocycles. The molecule has 19 heavy (non-hydrogen) atoms. The van der Waals surface area contributed by atoms with Gasteiger partial charge >= 0.3 is 0 Å². The molecule has 1 N–H and O–H groups in total. The Bertz CT molecular complexity index is 398. The van der Waals surface area contributed by atoms with Crippen LogP contribution in [0.15, 0.2) is 18.2 Å². The first-order valence-electron chi connectivity index (χ1n) is 7.42. The van der Waals surface area contributed by atoms with Crippen molar-refractivity contribution in [3.8, 4) is 0 Å². The van der Waals surface area contributed by atoms with E-state index in [1.165, 1.54) is 50.9 Å². The maximum Gasteiger partial charge on any atom is 0.0800 e. The fraction of sp³-hybridized carbons (Fsp3) is 0.625. The summed E-state index contributed by atoms with van der Waals surface area (Å²) < 4.78 is 0. The van der Waals surface area contributed by atoms with Crippen LogP contribution in [-0.4, -0.2) is 19.6 Å². The highest BCUT2D eigenvalue weighted by Gasteiger charge is 2.16. The van der Waals surface area contributed by atoms with Gasteiger partial charge in [-0.15, -0.1) is 0 Å². The van der Waals surface area contributed by atoms with Gasteiger partial charge in [-0.2, -0.15) is 0 Å². The lowest BCUT2D eigenvalue weighted by Gasteiger charge is -2.21. The highest BCUT2D eigenvalue weighted by molar-refractivity contribution is 6.35. The zero-order chi connectivity index (χ0) is 13.7. The Morgan fingerprint density at radius 3 is 2.42 bits per heavy atom. The number of benzene rings is 1. The van der Waals surface area contributed by atoms with E-state index in [9.17, 15) is 0 Å². The van der Waals surface area contributed by atoms with Gasteiger partial charge in [-0.05, 0) is 49.8 Å². The number of rotatable bonds is 4. The quantitative estimate of drug-likeness (QED) is 0.866. The SMILES string of the molecule is CC(Cc1ccc(Cl)cc1Cl)C[NH+]1CCCCCC1. The van der Waals surface area contributed by atoms with Gasteiger partial charge in [-0.25, -0.2) is 0 Å². The third kappa shape index (κ3) is 4.98. The van der Waals surface area contributed by atoms with E-state index in [2.05, 4.69) is 13.0 Å². The summed E-state index contributed by atoms with van der Waals surface area (Å²) in [6, 6.07) is 5.86. The molecule has 0 radical (unpaired) electrons. The summed E-state index contributed by atoms with van der Waals surface area (Å²) in [5.41, 5.74) is 1.23. The van der Waals surface area contributed by atoms with Gasteiger partial charge in [0.2, 0.25) is 0 Å². The van der Waals surface area contributed by atoms with Crippen LogP contribution in [-0.2, 0) is 6.42 Å². The van der Waals surface area contributed by atoms with Crippen LogP contribution in [0, 0.1) is 5.92 Å². The van der Waals surface area contributed by atoms with E-state index in [0.717, 1.165) is 16.5 Å². The van der Waals surface area contributed by atoms with Crippen LogP contribution in [0.2, 0.25) is 10.0 Å². The van der Waals surface area contributed by atoms with Crippen LogP contribution >= 0.6 is 23.2 Å². The van der Waals surface area contributed by atoms with Crippen LogP contribution in [0.25, 0.3) is 0 Å². The van der Waals surface area contributed by atoms with E-state index in [-0.39, 0.29) is 0 Å². The van der Waals surface area contributed by atoms with Gasteiger partial charge in [0.15, 0.2) is 0 Å². The van der Waals surface area contributed by atoms with Gasteiger partial charge in [0.05, 0.1) is 19.6 Å². The van der Waals surface area contributed by atoms with Crippen molar-refractivity contribution in [3.63, 3.8) is 0 Å². The second kappa shape index (κ2) is 7.52. The van der Waals surface area contributed by atoms with Crippen molar-refractivity contribution >= 4 is 23.2 Å². The van der Waals surface area contributed by atoms with Crippen molar-refractivity contribution in [2.45, 2.75) is 39.0 Å². The summed E-state index contributed by atoms with van der Waals surface area (Å²) in [5.74, 6) is 0.673. The second-order valence-corrected chi connectivity index (χ2v) is 6.76. The van der Waals surface area contributed by atoms with Gasteiger partial charge < -0.3 is 4.90 Å². The first kappa shape index (κ1) is 15.2. The fourth-order valence-corrected chi connectivity index (χ4v) is 3.55. The summed E-state index contributed by atoms with van der Waals surface area (Å²) in [6.07, 6.45) is 6.68. The van der Waals surface area contributed by atoms with E-state index in [4.69, 9.17) is 23.2 Å². The zero-order valence-corrected chi connectivity index (χ0v) is 13.2. The lowest BCUT2D eigenvalue weighted by molar-refractivity contribution is -0.902. The van der Waals surface area contributed by atoms with Crippen LogP contribution in [0.5, 0.6) is 0 Å². The molecular formula is C16H24Cl2N+. The number of quaternary nitrogens is 1. The van der Waals surface area contributed by atoms with Crippen LogP contribution in [0.4, 0.5) is 0 Å². The average Bonchev–Trinajstić information content (AvgIpc) is 2.61. The number of likely N-dealkylation sites (tertiary alicyclic amines) is 1. The summed E-state index contributed by atoms with van der Waals surface area (Å²) in [5, 5.41) is 1.53. The largest absolute Gasteiger partial charge is 0.335 e. The Hall–Kier alpha value is -0.240. The highest BCUT2D eigenvalue weighted by Crippen LogP contribution is 2.23. The van der Waals surface area contributed by atoms with Crippen LogP contribution < -0.4 is 4.90 Å². The summed E-state index contributed by atoms with van der Waals surface area (Å²) in [6.45, 7) is 6.29. The first-order chi connectivity index (χ1) is 9.15. The van der Waals surface area contributed by atoms with Crippen LogP contribution in [0.1, 0.15) is 38.2 Å². The molecule has 3 heteroatoms. The summed E-state index contributed by atoms with van der Waals surface area (Å²) in [7, 11) is 0. The van der Waals surface area contributed by atoms with Crippen molar-refractivity contribution < 1.29 is 4.90 Å². The molecule has 0 spiro atoms. The molecule has 0 bridgehead atoms. The molecule has 1 aliphatic rings. The molecule has 0 aromatic heterocycles. The minimum absolute atomic E-state index is 0.673. The predicted octanol–water partition coefficient (Wildman–Crippen LogP) is 3.63. The first-order valence-corrected chi connectivity index (χ1v) is 8.18. The number of hydrogen-bond acceptors (Lipinski definition) is 0. The van der Waals surface area contributed by atoms with Crippen molar-refractivity contribution in [2.75, 3.05) is 19.6 Å². The Morgan fingerprint density at radius 2 is 1.79 bits per heavy atom. The topological polar surface area (TPSA) is 4.44 Å². The second-order valence-electron chi connectivity index (χ2n) is 5.91. The Kier molecular flexibility index (Phi) is 6.00. The number of hydrogen-bond donors (Lipinski definition) is 1. The molecule has 0 amide bonds. The standard InChI is InChI=1S/C16H23Cl2N/c1-13(12-19-8-4-2-3-5-9-19)10-14-6-7-15(17)11-16(14)18/h6-7,11,13H,2-5,8-10,12H2,1H3/p+1. The predicted molar refractivity (Wildman–Crippen MR) is 83.4 cm³/mol. The fourth-order valence-electron chi connectivity index (χ4n) is 3.06. The van der Waals surface area contributed by atoms with E-state index < -0.39 is 0 Å². The molecule has 0 aliphatic carbocycles. The van der Waals surface area contributed by atoms with Crippen molar-refractivity contribution in [2.24, 2.45) is 5.92 Å². The van der Waals surface area contributed by atoms with Crippen molar-refractivity contribution in [1.82, 2.24) is 0 Å². The van der Waals surface area contributed by atoms with Crippen LogP contribution in [0.3, 0.4) is 0 Å². The monoisotopic (exact) mass is 300 g/mol. The molecule has 1 nitrogen and oxygen atoms in total. The van der Waals surface area contributed by atoms with Crippen molar-refractivity contribution in [1.29, 1.82) is 0 Å². The Morgan fingerprint density at radius 1 is 1.11 bits per heavy atom. The molecular weight excluding hydrogens is 277 g/mol. The van der Waals surface area contributed by atoms with Gasteiger partial charge in [-0.1, -0.05) is 36.2 Å². The average molecular weight is 301 g/mol. The third-order valence-corrected chi connectivity index (χ3v) is 4.62. The van der Waals surface area contributed by atoms with Crippen molar-refractivity contribution in [3.05, 3.63) is 33.8 Å². The molecule has 1 aromatic rings. The number of nitrogens with one attached hydrogen (secondary N) is 1. The molecule has 106 valence electrons. The molecule has 1 aromatic carbocycles. The Balaban J connectivity index is 1.87. The number of halogens is 2. The molecule has 0 saturated carbocycles. The van der Waals surface area contributed by atoms with Gasteiger partial charge in [0.1, 0.15) is 0 Å². The summed E-state index contributed by atoms with van der Waals surface area (Å²) in [4.78, 5) is 1.77. The molecule has 1 aliphatic heterocycles. The van der Waals surface area contributed by atoms with E-state index in [1.54, 1.807) is 4.90 Å². The smallest absolute Gasteiger partial charge is 0.0800 e. The lowest BCUT2D eigenvalue weighted by atomic mass is 10.0. The third-order valence-electron chi connectivity index (χ3n) is 4.03. The normalized spacial score (nSPS) is 19.1. The zero-order valence-electron chi connectivity index (χ0n) is 11.7. The molecule has 1 unspecified atom stereocenters. The molecule has 2 rings (SSSR count). The lowest BCUT2D eigenvalue weighted by Crippen LogP contribution is -3.12. The van der Waals surface area contributed by atoms with Gasteiger partial charge in [0.25, 0.3) is 0 Å². The maximum atomic E-state index is 6.25. The molecule has 1 atom stereocenters. The molecule has 1 heterocycles. The summed E-state index contributed by atoms with van der Waals surface area (Å²) >= 11 is 12.2. The minimum atomic E-state index is 0.673. The van der Waals surface area contributed by atoms with Gasteiger partial charge in [-0.3, -0.25) is 0 Å². The maximum absolute atomic E-state index is 6.25. The minimum Gasteiger partial charge on any atom is -0.335 e. The molecule has 1 fully saturated rings.